The molecule has 0 spiro atoms. The van der Waals surface area contributed by atoms with Crippen LogP contribution in [0.25, 0.3) is 11.0 Å². The van der Waals surface area contributed by atoms with Crippen LogP contribution in [0, 0.1) is 27.7 Å². The number of imidazole rings is 1. The topological polar surface area (TPSA) is 50.9 Å². The van der Waals surface area contributed by atoms with Gasteiger partial charge in [0.05, 0.1) is 17.6 Å². The highest BCUT2D eigenvalue weighted by Gasteiger charge is 2.13. The van der Waals surface area contributed by atoms with Crippen molar-refractivity contribution in [1.82, 2.24) is 14.5 Å². The molecule has 0 radical (unpaired) electrons. The van der Waals surface area contributed by atoms with Crippen molar-refractivity contribution >= 4 is 11.0 Å². The van der Waals surface area contributed by atoms with E-state index in [9.17, 15) is 5.11 Å². The molecular weight excluding hydrogens is 262 g/mol. The lowest BCUT2D eigenvalue weighted by Crippen LogP contribution is -2.05. The normalized spacial score (nSPS) is 11.2. The van der Waals surface area contributed by atoms with Crippen molar-refractivity contribution in [2.45, 2.75) is 34.2 Å². The van der Waals surface area contributed by atoms with Crippen LogP contribution in [-0.4, -0.2) is 19.6 Å². The van der Waals surface area contributed by atoms with E-state index < -0.39 is 0 Å². The molecule has 0 amide bonds. The number of aryl methyl sites for hydroxylation is 4. The second-order valence-corrected chi connectivity index (χ2v) is 5.61. The molecule has 3 aromatic rings. The molecule has 1 aromatic carbocycles. The first kappa shape index (κ1) is 13.6. The van der Waals surface area contributed by atoms with Crippen LogP contribution in [0.1, 0.15) is 28.3 Å². The maximum absolute atomic E-state index is 10.0. The van der Waals surface area contributed by atoms with E-state index in [0.717, 1.165) is 22.6 Å². The largest absolute Gasteiger partial charge is 0.506 e. The summed E-state index contributed by atoms with van der Waals surface area (Å²) < 4.78 is 2.11. The van der Waals surface area contributed by atoms with Crippen LogP contribution < -0.4 is 0 Å². The minimum absolute atomic E-state index is 0.228. The Labute approximate surface area is 124 Å². The zero-order valence-electron chi connectivity index (χ0n) is 12.8. The number of hydrogen-bond acceptors (Lipinski definition) is 3. The maximum Gasteiger partial charge on any atom is 0.138 e. The van der Waals surface area contributed by atoms with E-state index in [4.69, 9.17) is 0 Å². The van der Waals surface area contributed by atoms with Gasteiger partial charge in [0.2, 0.25) is 0 Å². The third-order valence-electron chi connectivity index (χ3n) is 3.78. The third-order valence-corrected chi connectivity index (χ3v) is 3.78. The number of benzene rings is 1. The zero-order valence-corrected chi connectivity index (χ0v) is 12.8. The number of aromatic hydroxyl groups is 1. The first-order chi connectivity index (χ1) is 9.95. The first-order valence-electron chi connectivity index (χ1n) is 7.05. The van der Waals surface area contributed by atoms with E-state index in [1.165, 1.54) is 11.1 Å². The van der Waals surface area contributed by atoms with Crippen LogP contribution in [0.15, 0.2) is 24.3 Å². The van der Waals surface area contributed by atoms with Gasteiger partial charge in [-0.05, 0) is 57.0 Å². The van der Waals surface area contributed by atoms with Crippen LogP contribution in [0.4, 0.5) is 0 Å². The number of rotatable bonds is 2. The average molecular weight is 281 g/mol. The van der Waals surface area contributed by atoms with E-state index in [-0.39, 0.29) is 5.75 Å². The van der Waals surface area contributed by atoms with Gasteiger partial charge in [-0.15, -0.1) is 0 Å². The van der Waals surface area contributed by atoms with Crippen molar-refractivity contribution in [2.24, 2.45) is 0 Å². The molecule has 0 fully saturated rings. The molecule has 1 N–H and O–H groups in total. The van der Waals surface area contributed by atoms with Gasteiger partial charge in [-0.3, -0.25) is 4.98 Å². The number of aromatic nitrogens is 3. The summed E-state index contributed by atoms with van der Waals surface area (Å²) in [5.74, 6) is 1.16. The second kappa shape index (κ2) is 4.88. The lowest BCUT2D eigenvalue weighted by molar-refractivity contribution is 0.461. The van der Waals surface area contributed by atoms with Gasteiger partial charge in [0.1, 0.15) is 17.3 Å². The van der Waals surface area contributed by atoms with E-state index in [1.54, 1.807) is 6.07 Å². The highest BCUT2D eigenvalue weighted by atomic mass is 16.3. The molecule has 108 valence electrons. The fourth-order valence-electron chi connectivity index (χ4n) is 2.75. The van der Waals surface area contributed by atoms with Crippen LogP contribution in [-0.2, 0) is 6.54 Å². The summed E-state index contributed by atoms with van der Waals surface area (Å²) in [7, 11) is 0. The number of nitrogens with zero attached hydrogens (tertiary/aromatic N) is 3. The van der Waals surface area contributed by atoms with Crippen LogP contribution in [0.2, 0.25) is 0 Å². The predicted octanol–water partition coefficient (Wildman–Crippen LogP) is 3.42. The summed E-state index contributed by atoms with van der Waals surface area (Å²) >= 11 is 0. The van der Waals surface area contributed by atoms with Gasteiger partial charge < -0.3 is 9.67 Å². The van der Waals surface area contributed by atoms with Crippen LogP contribution in [0.3, 0.4) is 0 Å². The van der Waals surface area contributed by atoms with Crippen molar-refractivity contribution in [2.75, 3.05) is 0 Å². The van der Waals surface area contributed by atoms with Gasteiger partial charge >= 0.3 is 0 Å². The van der Waals surface area contributed by atoms with E-state index >= 15 is 0 Å². The molecule has 0 aliphatic heterocycles. The monoisotopic (exact) mass is 281 g/mol. The van der Waals surface area contributed by atoms with Crippen molar-refractivity contribution in [3.8, 4) is 5.75 Å². The predicted molar refractivity (Wildman–Crippen MR) is 83.7 cm³/mol. The summed E-state index contributed by atoms with van der Waals surface area (Å²) in [6.45, 7) is 8.60. The second-order valence-electron chi connectivity index (χ2n) is 5.61. The van der Waals surface area contributed by atoms with Gasteiger partial charge in [0, 0.05) is 5.69 Å². The SMILES string of the molecule is Cc1cc(C)c2nc(C)n(Cc3nc(C)ccc3O)c2c1. The molecular formula is C17H19N3O. The standard InChI is InChI=1S/C17H19N3O/c1-10-7-11(2)17-15(8-10)20(13(4)19-17)9-14-16(21)6-5-12(3)18-14/h5-8,21H,9H2,1-4H3. The van der Waals surface area contributed by atoms with Crippen LogP contribution in [0.5, 0.6) is 5.75 Å². The summed E-state index contributed by atoms with van der Waals surface area (Å²) in [4.78, 5) is 9.10. The quantitative estimate of drug-likeness (QED) is 0.783. The molecule has 4 nitrogen and oxygen atoms in total. The van der Waals surface area contributed by atoms with Crippen molar-refractivity contribution in [3.63, 3.8) is 0 Å². The molecule has 0 aliphatic rings. The number of fused-ring (bicyclic) bond motifs is 1. The minimum atomic E-state index is 0.228. The summed E-state index contributed by atoms with van der Waals surface area (Å²) in [5.41, 5.74) is 6.07. The van der Waals surface area contributed by atoms with Gasteiger partial charge in [-0.2, -0.15) is 0 Å². The van der Waals surface area contributed by atoms with E-state index in [1.807, 2.05) is 19.9 Å². The van der Waals surface area contributed by atoms with Crippen LogP contribution >= 0.6 is 0 Å². The Kier molecular flexibility index (Phi) is 3.16. The van der Waals surface area contributed by atoms with Gasteiger partial charge in [0.25, 0.3) is 0 Å². The average Bonchev–Trinajstić information content (AvgIpc) is 2.72. The molecule has 0 aliphatic carbocycles. The zero-order chi connectivity index (χ0) is 15.1. The third kappa shape index (κ3) is 2.37. The van der Waals surface area contributed by atoms with E-state index in [2.05, 4.69) is 40.5 Å². The van der Waals surface area contributed by atoms with Crippen molar-refractivity contribution in [3.05, 3.63) is 52.6 Å². The lowest BCUT2D eigenvalue weighted by atomic mass is 10.1. The Bertz CT molecular complexity index is 834. The fourth-order valence-corrected chi connectivity index (χ4v) is 2.75. The molecule has 0 atom stereocenters. The van der Waals surface area contributed by atoms with E-state index in [0.29, 0.717) is 12.2 Å². The van der Waals surface area contributed by atoms with Gasteiger partial charge in [0.15, 0.2) is 0 Å². The molecule has 4 heteroatoms. The molecule has 0 saturated heterocycles. The molecule has 2 heterocycles. The lowest BCUT2D eigenvalue weighted by Gasteiger charge is -2.09. The Morgan fingerprint density at radius 2 is 1.81 bits per heavy atom. The Balaban J connectivity index is 2.16. The molecule has 3 rings (SSSR count). The smallest absolute Gasteiger partial charge is 0.138 e. The van der Waals surface area contributed by atoms with Gasteiger partial charge in [-0.1, -0.05) is 6.07 Å². The highest BCUT2D eigenvalue weighted by Crippen LogP contribution is 2.24. The fraction of sp³-hybridized carbons (Fsp3) is 0.294. The Hall–Kier alpha value is -2.36. The first-order valence-corrected chi connectivity index (χ1v) is 7.05. The van der Waals surface area contributed by atoms with Gasteiger partial charge in [-0.25, -0.2) is 4.98 Å². The summed E-state index contributed by atoms with van der Waals surface area (Å²) in [6.07, 6.45) is 0. The summed E-state index contributed by atoms with van der Waals surface area (Å²) in [5, 5.41) is 10.0. The highest BCUT2D eigenvalue weighted by molar-refractivity contribution is 5.80. The molecule has 0 unspecified atom stereocenters. The minimum Gasteiger partial charge on any atom is -0.506 e. The number of pyridine rings is 1. The molecule has 21 heavy (non-hydrogen) atoms. The molecule has 0 saturated carbocycles. The molecule has 0 bridgehead atoms. The van der Waals surface area contributed by atoms with Crippen molar-refractivity contribution in [1.29, 1.82) is 0 Å². The summed E-state index contributed by atoms with van der Waals surface area (Å²) in [6, 6.07) is 7.78. The maximum atomic E-state index is 10.0. The van der Waals surface area contributed by atoms with Crippen molar-refractivity contribution < 1.29 is 5.11 Å². The number of hydrogen-bond donors (Lipinski definition) is 1. The Morgan fingerprint density at radius 3 is 2.57 bits per heavy atom. The molecule has 2 aromatic heterocycles. The Morgan fingerprint density at radius 1 is 1.05 bits per heavy atom.